The van der Waals surface area contributed by atoms with Crippen LogP contribution in [0.3, 0.4) is 0 Å². The molecular weight excluding hydrogens is 424 g/mol. The van der Waals surface area contributed by atoms with E-state index in [4.69, 9.17) is 18.9 Å². The normalized spacial score (nSPS) is 14.9. The molecule has 1 unspecified atom stereocenters. The van der Waals surface area contributed by atoms with Crippen LogP contribution in [0.4, 0.5) is 11.4 Å². The average Bonchev–Trinajstić information content (AvgIpc) is 2.79. The second kappa shape index (κ2) is 10.9. The Balaban J connectivity index is 1.92. The minimum Gasteiger partial charge on any atom is -0.490 e. The SMILES string of the molecule is CCCN1C(=O)C(C)Oc2ccc(NC(=O)c3cc(OCC)c(OCC)c(OCC)c3)cc21. The summed E-state index contributed by atoms with van der Waals surface area (Å²) in [5, 5.41) is 2.90. The predicted molar refractivity (Wildman–Crippen MR) is 127 cm³/mol. The zero-order valence-corrected chi connectivity index (χ0v) is 19.9. The van der Waals surface area contributed by atoms with E-state index in [-0.39, 0.29) is 11.8 Å². The summed E-state index contributed by atoms with van der Waals surface area (Å²) < 4.78 is 22.9. The lowest BCUT2D eigenvalue weighted by Crippen LogP contribution is -2.44. The summed E-state index contributed by atoms with van der Waals surface area (Å²) in [7, 11) is 0. The van der Waals surface area contributed by atoms with Crippen LogP contribution in [0.15, 0.2) is 30.3 Å². The van der Waals surface area contributed by atoms with Crippen molar-refractivity contribution in [1.82, 2.24) is 0 Å². The van der Waals surface area contributed by atoms with E-state index in [0.29, 0.717) is 66.3 Å². The van der Waals surface area contributed by atoms with E-state index in [0.717, 1.165) is 6.42 Å². The molecule has 2 aromatic rings. The summed E-state index contributed by atoms with van der Waals surface area (Å²) in [6.07, 6.45) is 0.267. The van der Waals surface area contributed by atoms with Gasteiger partial charge in [0.15, 0.2) is 17.6 Å². The molecule has 0 saturated heterocycles. The van der Waals surface area contributed by atoms with Gasteiger partial charge in [0.25, 0.3) is 11.8 Å². The zero-order chi connectivity index (χ0) is 24.0. The smallest absolute Gasteiger partial charge is 0.267 e. The van der Waals surface area contributed by atoms with E-state index in [1.54, 1.807) is 42.2 Å². The molecule has 1 aliphatic rings. The number of nitrogens with zero attached hydrogens (tertiary/aromatic N) is 1. The molecule has 1 atom stereocenters. The number of rotatable bonds is 10. The van der Waals surface area contributed by atoms with Crippen LogP contribution in [0.2, 0.25) is 0 Å². The third-order valence-corrected chi connectivity index (χ3v) is 5.04. The maximum Gasteiger partial charge on any atom is 0.267 e. The highest BCUT2D eigenvalue weighted by Gasteiger charge is 2.31. The van der Waals surface area contributed by atoms with Crippen LogP contribution in [-0.2, 0) is 4.79 Å². The molecule has 0 saturated carbocycles. The number of hydrogen-bond donors (Lipinski definition) is 1. The third-order valence-electron chi connectivity index (χ3n) is 5.04. The molecule has 0 aliphatic carbocycles. The van der Waals surface area contributed by atoms with Crippen molar-refractivity contribution in [1.29, 1.82) is 0 Å². The number of carbonyl (C=O) groups excluding carboxylic acids is 2. The molecule has 2 aromatic carbocycles. The monoisotopic (exact) mass is 456 g/mol. The fourth-order valence-corrected chi connectivity index (χ4v) is 3.66. The van der Waals surface area contributed by atoms with Gasteiger partial charge in [-0.15, -0.1) is 0 Å². The summed E-state index contributed by atoms with van der Waals surface area (Å²) >= 11 is 0. The molecule has 0 bridgehead atoms. The summed E-state index contributed by atoms with van der Waals surface area (Å²) in [5.41, 5.74) is 1.57. The van der Waals surface area contributed by atoms with Crippen LogP contribution in [0.5, 0.6) is 23.0 Å². The van der Waals surface area contributed by atoms with Gasteiger partial charge in [-0.3, -0.25) is 9.59 Å². The summed E-state index contributed by atoms with van der Waals surface area (Å²) in [4.78, 5) is 27.4. The molecule has 1 N–H and O–H groups in total. The summed E-state index contributed by atoms with van der Waals surface area (Å²) in [5.74, 6) is 1.56. The van der Waals surface area contributed by atoms with Crippen molar-refractivity contribution in [2.24, 2.45) is 0 Å². The Labute approximate surface area is 194 Å². The Bertz CT molecular complexity index is 979. The van der Waals surface area contributed by atoms with Crippen LogP contribution in [0.1, 0.15) is 51.4 Å². The third kappa shape index (κ3) is 5.32. The van der Waals surface area contributed by atoms with Crippen LogP contribution >= 0.6 is 0 Å². The van der Waals surface area contributed by atoms with Gasteiger partial charge in [-0.25, -0.2) is 0 Å². The van der Waals surface area contributed by atoms with Crippen molar-refractivity contribution >= 4 is 23.2 Å². The van der Waals surface area contributed by atoms with Crippen molar-refractivity contribution in [3.63, 3.8) is 0 Å². The van der Waals surface area contributed by atoms with E-state index in [9.17, 15) is 9.59 Å². The number of amides is 2. The second-order valence-corrected chi connectivity index (χ2v) is 7.49. The van der Waals surface area contributed by atoms with Crippen LogP contribution in [0.25, 0.3) is 0 Å². The maximum absolute atomic E-state index is 13.1. The summed E-state index contributed by atoms with van der Waals surface area (Å²) in [6, 6.07) is 8.57. The van der Waals surface area contributed by atoms with E-state index in [2.05, 4.69) is 5.32 Å². The van der Waals surface area contributed by atoms with Gasteiger partial charge >= 0.3 is 0 Å². The van der Waals surface area contributed by atoms with Gasteiger partial charge in [-0.2, -0.15) is 0 Å². The summed E-state index contributed by atoms with van der Waals surface area (Å²) in [6.45, 7) is 11.2. The molecule has 0 aromatic heterocycles. The molecule has 1 aliphatic heterocycles. The molecule has 8 nitrogen and oxygen atoms in total. The quantitative estimate of drug-likeness (QED) is 0.560. The lowest BCUT2D eigenvalue weighted by molar-refractivity contribution is -0.125. The fraction of sp³-hybridized carbons (Fsp3) is 0.440. The Kier molecular flexibility index (Phi) is 8.03. The standard InChI is InChI=1S/C25H32N2O6/c1-6-12-27-19-15-18(10-11-20(19)33-16(5)25(27)29)26-24(28)17-13-21(30-7-2)23(32-9-4)22(14-17)31-8-3/h10-11,13-16H,6-9,12H2,1-5H3,(H,26,28). The highest BCUT2D eigenvalue weighted by molar-refractivity contribution is 6.06. The second-order valence-electron chi connectivity index (χ2n) is 7.49. The fourth-order valence-electron chi connectivity index (χ4n) is 3.66. The molecule has 33 heavy (non-hydrogen) atoms. The number of benzene rings is 2. The van der Waals surface area contributed by atoms with Crippen molar-refractivity contribution in [2.75, 3.05) is 36.6 Å². The van der Waals surface area contributed by atoms with Crippen molar-refractivity contribution < 1.29 is 28.5 Å². The van der Waals surface area contributed by atoms with Gasteiger partial charge in [-0.05, 0) is 64.4 Å². The first-order chi connectivity index (χ1) is 15.9. The molecule has 2 amide bonds. The topological polar surface area (TPSA) is 86.3 Å². The highest BCUT2D eigenvalue weighted by atomic mass is 16.5. The molecule has 0 radical (unpaired) electrons. The van der Waals surface area contributed by atoms with E-state index < -0.39 is 6.10 Å². The van der Waals surface area contributed by atoms with Crippen LogP contribution in [-0.4, -0.2) is 44.3 Å². The first-order valence-electron chi connectivity index (χ1n) is 11.4. The minimum absolute atomic E-state index is 0.0953. The average molecular weight is 457 g/mol. The molecule has 8 heteroatoms. The first-order valence-corrected chi connectivity index (χ1v) is 11.4. The lowest BCUT2D eigenvalue weighted by Gasteiger charge is -2.33. The molecular formula is C25H32N2O6. The predicted octanol–water partition coefficient (Wildman–Crippen LogP) is 4.66. The highest BCUT2D eigenvalue weighted by Crippen LogP contribution is 2.40. The first kappa shape index (κ1) is 24.2. The number of hydrogen-bond acceptors (Lipinski definition) is 6. The number of carbonyl (C=O) groups is 2. The Morgan fingerprint density at radius 3 is 2.21 bits per heavy atom. The van der Waals surface area contributed by atoms with Gasteiger partial charge in [0.1, 0.15) is 5.75 Å². The molecule has 178 valence electrons. The Hall–Kier alpha value is -3.42. The number of nitrogens with one attached hydrogen (secondary N) is 1. The number of anilines is 2. The van der Waals surface area contributed by atoms with Crippen molar-refractivity contribution in [3.05, 3.63) is 35.9 Å². The van der Waals surface area contributed by atoms with Gasteiger partial charge in [0.2, 0.25) is 5.75 Å². The Morgan fingerprint density at radius 1 is 1.00 bits per heavy atom. The van der Waals surface area contributed by atoms with E-state index >= 15 is 0 Å². The van der Waals surface area contributed by atoms with Gasteiger partial charge in [-0.1, -0.05) is 6.92 Å². The van der Waals surface area contributed by atoms with Crippen LogP contribution in [0, 0.1) is 0 Å². The van der Waals surface area contributed by atoms with Gasteiger partial charge in [0.05, 0.1) is 25.5 Å². The number of ether oxygens (including phenoxy) is 4. The largest absolute Gasteiger partial charge is 0.490 e. The molecule has 0 fully saturated rings. The maximum atomic E-state index is 13.1. The zero-order valence-electron chi connectivity index (χ0n) is 19.9. The van der Waals surface area contributed by atoms with Crippen molar-refractivity contribution in [2.45, 2.75) is 47.1 Å². The number of fused-ring (bicyclic) bond motifs is 1. The van der Waals surface area contributed by atoms with Gasteiger partial charge in [0, 0.05) is 17.8 Å². The van der Waals surface area contributed by atoms with Crippen molar-refractivity contribution in [3.8, 4) is 23.0 Å². The van der Waals surface area contributed by atoms with E-state index in [1.807, 2.05) is 27.7 Å². The van der Waals surface area contributed by atoms with Gasteiger partial charge < -0.3 is 29.2 Å². The minimum atomic E-state index is -0.540. The Morgan fingerprint density at radius 2 is 1.64 bits per heavy atom. The molecule has 1 heterocycles. The lowest BCUT2D eigenvalue weighted by atomic mass is 10.1. The molecule has 3 rings (SSSR count). The van der Waals surface area contributed by atoms with E-state index in [1.165, 1.54) is 0 Å². The molecule has 0 spiro atoms. The van der Waals surface area contributed by atoms with Crippen LogP contribution < -0.4 is 29.2 Å².